The molecule has 0 unspecified atom stereocenters. The quantitative estimate of drug-likeness (QED) is 0.821. The fraction of sp³-hybridized carbons (Fsp3) is 0.188. The van der Waals surface area contributed by atoms with Gasteiger partial charge < -0.3 is 10.1 Å². The molecular formula is C16H15FN2O. The Morgan fingerprint density at radius 2 is 1.95 bits per heavy atom. The fourth-order valence-corrected chi connectivity index (χ4v) is 1.80. The van der Waals surface area contributed by atoms with Crippen LogP contribution in [0.15, 0.2) is 48.5 Å². The Hall–Kier alpha value is -2.38. The number of benzene rings is 2. The van der Waals surface area contributed by atoms with Gasteiger partial charge in [0.1, 0.15) is 18.2 Å². The molecule has 102 valence electrons. The predicted molar refractivity (Wildman–Crippen MR) is 74.8 cm³/mol. The van der Waals surface area contributed by atoms with Gasteiger partial charge in [0, 0.05) is 13.1 Å². The van der Waals surface area contributed by atoms with Crippen molar-refractivity contribution in [1.82, 2.24) is 5.32 Å². The summed E-state index contributed by atoms with van der Waals surface area (Å²) in [7, 11) is 0. The van der Waals surface area contributed by atoms with Gasteiger partial charge in [0.25, 0.3) is 0 Å². The highest BCUT2D eigenvalue weighted by Gasteiger charge is 2.03. The highest BCUT2D eigenvalue weighted by molar-refractivity contribution is 5.37. The Labute approximate surface area is 117 Å². The van der Waals surface area contributed by atoms with E-state index in [4.69, 9.17) is 10.00 Å². The van der Waals surface area contributed by atoms with E-state index in [-0.39, 0.29) is 5.82 Å². The maximum absolute atomic E-state index is 13.1. The summed E-state index contributed by atoms with van der Waals surface area (Å²) in [6.07, 6.45) is 0. The summed E-state index contributed by atoms with van der Waals surface area (Å²) in [4.78, 5) is 0. The van der Waals surface area contributed by atoms with E-state index in [1.807, 2.05) is 30.3 Å². The topological polar surface area (TPSA) is 45.0 Å². The molecule has 0 radical (unpaired) electrons. The van der Waals surface area contributed by atoms with Crippen LogP contribution in [0.2, 0.25) is 0 Å². The van der Waals surface area contributed by atoms with Crippen LogP contribution >= 0.6 is 0 Å². The summed E-state index contributed by atoms with van der Waals surface area (Å²) in [6.45, 7) is 1.58. The first kappa shape index (κ1) is 14.0. The minimum Gasteiger partial charge on any atom is -0.492 e. The number of halogens is 1. The Balaban J connectivity index is 1.76. The van der Waals surface area contributed by atoms with E-state index in [0.29, 0.717) is 30.8 Å². The molecular weight excluding hydrogens is 255 g/mol. The first-order chi connectivity index (χ1) is 9.79. The van der Waals surface area contributed by atoms with Crippen molar-refractivity contribution in [3.8, 4) is 11.8 Å². The molecule has 0 bridgehead atoms. The zero-order valence-corrected chi connectivity index (χ0v) is 11.0. The zero-order valence-electron chi connectivity index (χ0n) is 11.0. The molecule has 20 heavy (non-hydrogen) atoms. The van der Waals surface area contributed by atoms with Crippen molar-refractivity contribution in [2.45, 2.75) is 6.54 Å². The Morgan fingerprint density at radius 3 is 2.70 bits per heavy atom. The smallest absolute Gasteiger partial charge is 0.123 e. The van der Waals surface area contributed by atoms with E-state index >= 15 is 0 Å². The third-order valence-electron chi connectivity index (χ3n) is 2.79. The van der Waals surface area contributed by atoms with Gasteiger partial charge >= 0.3 is 0 Å². The molecule has 0 atom stereocenters. The number of nitrogens with one attached hydrogen (secondary N) is 1. The van der Waals surface area contributed by atoms with Crippen molar-refractivity contribution in [1.29, 1.82) is 5.26 Å². The normalized spacial score (nSPS) is 10.0. The molecule has 0 saturated heterocycles. The van der Waals surface area contributed by atoms with E-state index in [1.54, 1.807) is 0 Å². The number of hydrogen-bond donors (Lipinski definition) is 1. The molecule has 2 rings (SSSR count). The van der Waals surface area contributed by atoms with Gasteiger partial charge in [0.15, 0.2) is 0 Å². The number of nitrogens with zero attached hydrogens (tertiary/aromatic N) is 1. The Morgan fingerprint density at radius 1 is 1.15 bits per heavy atom. The lowest BCUT2D eigenvalue weighted by Gasteiger charge is -2.08. The average molecular weight is 270 g/mol. The number of nitriles is 1. The Bertz CT molecular complexity index is 593. The third-order valence-corrected chi connectivity index (χ3v) is 2.79. The molecule has 1 N–H and O–H groups in total. The first-order valence-electron chi connectivity index (χ1n) is 6.36. The van der Waals surface area contributed by atoms with Gasteiger partial charge in [-0.1, -0.05) is 18.2 Å². The summed E-state index contributed by atoms with van der Waals surface area (Å²) in [6, 6.07) is 15.7. The monoisotopic (exact) mass is 270 g/mol. The van der Waals surface area contributed by atoms with E-state index in [2.05, 4.69) is 11.4 Å². The SMILES string of the molecule is N#Cc1ccc(F)cc1CNCCOc1ccccc1. The minimum absolute atomic E-state index is 0.332. The van der Waals surface area contributed by atoms with Crippen molar-refractivity contribution >= 4 is 0 Å². The first-order valence-corrected chi connectivity index (χ1v) is 6.36. The van der Waals surface area contributed by atoms with Crippen LogP contribution in [0.3, 0.4) is 0 Å². The molecule has 2 aromatic carbocycles. The van der Waals surface area contributed by atoms with Gasteiger partial charge in [-0.3, -0.25) is 0 Å². The van der Waals surface area contributed by atoms with Gasteiger partial charge in [0.05, 0.1) is 11.6 Å². The fourth-order valence-electron chi connectivity index (χ4n) is 1.80. The van der Waals surface area contributed by atoms with Gasteiger partial charge in [-0.2, -0.15) is 5.26 Å². The molecule has 0 heterocycles. The van der Waals surface area contributed by atoms with Crippen LogP contribution in [0.4, 0.5) is 4.39 Å². The van der Waals surface area contributed by atoms with Crippen molar-refractivity contribution in [2.75, 3.05) is 13.2 Å². The van der Waals surface area contributed by atoms with Crippen LogP contribution in [-0.2, 0) is 6.54 Å². The van der Waals surface area contributed by atoms with E-state index in [0.717, 1.165) is 5.75 Å². The standard InChI is InChI=1S/C16H15FN2O/c17-15-7-6-13(11-18)14(10-15)12-19-8-9-20-16-4-2-1-3-5-16/h1-7,10,19H,8-9,12H2. The van der Waals surface area contributed by atoms with Gasteiger partial charge in [-0.05, 0) is 35.9 Å². The van der Waals surface area contributed by atoms with Crippen LogP contribution < -0.4 is 10.1 Å². The van der Waals surface area contributed by atoms with Crippen LogP contribution in [-0.4, -0.2) is 13.2 Å². The number of rotatable bonds is 6. The lowest BCUT2D eigenvalue weighted by atomic mass is 10.1. The van der Waals surface area contributed by atoms with E-state index in [1.165, 1.54) is 18.2 Å². The summed E-state index contributed by atoms with van der Waals surface area (Å²) >= 11 is 0. The lowest BCUT2D eigenvalue weighted by Crippen LogP contribution is -2.21. The molecule has 0 fully saturated rings. The summed E-state index contributed by atoms with van der Waals surface area (Å²) in [5, 5.41) is 12.1. The average Bonchev–Trinajstić information content (AvgIpc) is 2.48. The molecule has 0 aromatic heterocycles. The van der Waals surface area contributed by atoms with Crippen LogP contribution in [0.25, 0.3) is 0 Å². The van der Waals surface area contributed by atoms with Crippen LogP contribution in [0.5, 0.6) is 5.75 Å². The Kier molecular flexibility index (Phi) is 5.10. The van der Waals surface area contributed by atoms with Crippen molar-refractivity contribution in [2.24, 2.45) is 0 Å². The number of para-hydroxylation sites is 1. The lowest BCUT2D eigenvalue weighted by molar-refractivity contribution is 0.313. The van der Waals surface area contributed by atoms with Crippen LogP contribution in [0, 0.1) is 17.1 Å². The molecule has 2 aromatic rings. The second kappa shape index (κ2) is 7.27. The third kappa shape index (κ3) is 4.08. The molecule has 0 aliphatic rings. The highest BCUT2D eigenvalue weighted by atomic mass is 19.1. The molecule has 0 saturated carbocycles. The zero-order chi connectivity index (χ0) is 14.2. The number of hydrogen-bond acceptors (Lipinski definition) is 3. The van der Waals surface area contributed by atoms with E-state index in [9.17, 15) is 4.39 Å². The van der Waals surface area contributed by atoms with Crippen LogP contribution in [0.1, 0.15) is 11.1 Å². The number of ether oxygens (including phenoxy) is 1. The maximum atomic E-state index is 13.1. The van der Waals surface area contributed by atoms with Gasteiger partial charge in [-0.15, -0.1) is 0 Å². The summed E-state index contributed by atoms with van der Waals surface area (Å²) in [5.74, 6) is 0.485. The van der Waals surface area contributed by atoms with Crippen molar-refractivity contribution in [3.63, 3.8) is 0 Å². The molecule has 0 aliphatic carbocycles. The summed E-state index contributed by atoms with van der Waals surface area (Å²) < 4.78 is 18.6. The molecule has 3 nitrogen and oxygen atoms in total. The van der Waals surface area contributed by atoms with Gasteiger partial charge in [-0.25, -0.2) is 4.39 Å². The van der Waals surface area contributed by atoms with Crippen molar-refractivity contribution in [3.05, 3.63) is 65.5 Å². The predicted octanol–water partition coefficient (Wildman–Crippen LogP) is 2.87. The molecule has 4 heteroatoms. The highest BCUT2D eigenvalue weighted by Crippen LogP contribution is 2.10. The molecule has 0 amide bonds. The maximum Gasteiger partial charge on any atom is 0.123 e. The van der Waals surface area contributed by atoms with E-state index < -0.39 is 0 Å². The largest absolute Gasteiger partial charge is 0.492 e. The van der Waals surface area contributed by atoms with Crippen molar-refractivity contribution < 1.29 is 9.13 Å². The minimum atomic E-state index is -0.332. The molecule has 0 spiro atoms. The second-order valence-corrected chi connectivity index (χ2v) is 4.25. The summed E-state index contributed by atoms with van der Waals surface area (Å²) in [5.41, 5.74) is 1.15. The van der Waals surface area contributed by atoms with Gasteiger partial charge in [0.2, 0.25) is 0 Å². The second-order valence-electron chi connectivity index (χ2n) is 4.25. The molecule has 0 aliphatic heterocycles.